The largest absolute Gasteiger partial charge is 0.287 e. The van der Waals surface area contributed by atoms with E-state index in [0.717, 1.165) is 10.5 Å². The van der Waals surface area contributed by atoms with E-state index in [9.17, 15) is 14.4 Å². The third-order valence-electron chi connectivity index (χ3n) is 3.85. The van der Waals surface area contributed by atoms with Crippen molar-refractivity contribution >= 4 is 35.0 Å². The number of carbonyl (C=O) groups is 3. The van der Waals surface area contributed by atoms with Crippen LogP contribution in [0.4, 0.5) is 5.69 Å². The van der Waals surface area contributed by atoms with Crippen LogP contribution < -0.4 is 15.8 Å². The predicted molar refractivity (Wildman–Crippen MR) is 94.1 cm³/mol. The quantitative estimate of drug-likeness (QED) is 0.649. The average molecular weight is 358 g/mol. The fraction of sp³-hybridized carbons (Fsp3) is 0.167. The second kappa shape index (κ2) is 7.04. The third-order valence-corrected chi connectivity index (χ3v) is 4.09. The molecule has 0 aliphatic carbocycles. The lowest BCUT2D eigenvalue weighted by Gasteiger charge is -2.16. The van der Waals surface area contributed by atoms with Gasteiger partial charge in [0.15, 0.2) is 0 Å². The number of halogens is 1. The summed E-state index contributed by atoms with van der Waals surface area (Å²) in [6.45, 7) is 1.88. The van der Waals surface area contributed by atoms with Crippen molar-refractivity contribution in [1.82, 2.24) is 10.9 Å². The monoisotopic (exact) mass is 357 g/mol. The average Bonchev–Trinajstić information content (AvgIpc) is 2.86. The lowest BCUT2D eigenvalue weighted by atomic mass is 10.2. The number of aryl methyl sites for hydroxylation is 1. The lowest BCUT2D eigenvalue weighted by Crippen LogP contribution is -2.48. The molecule has 0 aromatic heterocycles. The number of anilines is 1. The maximum absolute atomic E-state index is 12.5. The van der Waals surface area contributed by atoms with Gasteiger partial charge in [0.2, 0.25) is 5.91 Å². The van der Waals surface area contributed by atoms with Gasteiger partial charge in [-0.3, -0.25) is 19.8 Å². The summed E-state index contributed by atoms with van der Waals surface area (Å²) in [5.74, 6) is -1.15. The molecule has 2 aromatic carbocycles. The van der Waals surface area contributed by atoms with Crippen molar-refractivity contribution < 1.29 is 14.4 Å². The van der Waals surface area contributed by atoms with E-state index in [1.54, 1.807) is 36.4 Å². The molecule has 1 fully saturated rings. The summed E-state index contributed by atoms with van der Waals surface area (Å²) in [6.07, 6.45) is -0.0252. The Bertz CT molecular complexity index is 853. The van der Waals surface area contributed by atoms with Gasteiger partial charge in [-0.1, -0.05) is 29.8 Å². The second-order valence-electron chi connectivity index (χ2n) is 5.77. The van der Waals surface area contributed by atoms with Crippen molar-refractivity contribution in [2.24, 2.45) is 0 Å². The number of nitrogens with one attached hydrogen (secondary N) is 2. The molecule has 3 rings (SSSR count). The van der Waals surface area contributed by atoms with Crippen LogP contribution in [0.5, 0.6) is 0 Å². The van der Waals surface area contributed by atoms with E-state index < -0.39 is 17.9 Å². The fourth-order valence-corrected chi connectivity index (χ4v) is 2.83. The summed E-state index contributed by atoms with van der Waals surface area (Å²) < 4.78 is 0. The molecule has 0 unspecified atom stereocenters. The molecule has 1 aliphatic heterocycles. The van der Waals surface area contributed by atoms with Crippen LogP contribution in [0.1, 0.15) is 22.3 Å². The Morgan fingerprint density at radius 1 is 1.16 bits per heavy atom. The van der Waals surface area contributed by atoms with Crippen molar-refractivity contribution in [3.63, 3.8) is 0 Å². The molecule has 1 saturated heterocycles. The van der Waals surface area contributed by atoms with Crippen molar-refractivity contribution in [2.75, 3.05) is 4.90 Å². The SMILES string of the molecule is Cc1cccc(N2C(=O)C[C@@H](NNC(=O)c3cccc(Cl)c3)C2=O)c1. The van der Waals surface area contributed by atoms with Gasteiger partial charge in [0.25, 0.3) is 11.8 Å². The molecule has 2 N–H and O–H groups in total. The predicted octanol–water partition coefficient (Wildman–Crippen LogP) is 2.21. The Balaban J connectivity index is 1.67. The fourth-order valence-electron chi connectivity index (χ4n) is 2.64. The summed E-state index contributed by atoms with van der Waals surface area (Å²) in [6, 6.07) is 12.8. The van der Waals surface area contributed by atoms with Crippen LogP contribution in [-0.4, -0.2) is 23.8 Å². The first-order valence-electron chi connectivity index (χ1n) is 7.70. The molecule has 7 heteroatoms. The summed E-state index contributed by atoms with van der Waals surface area (Å²) in [5, 5.41) is 0.436. The summed E-state index contributed by atoms with van der Waals surface area (Å²) in [7, 11) is 0. The zero-order valence-electron chi connectivity index (χ0n) is 13.5. The van der Waals surface area contributed by atoms with Crippen LogP contribution in [0.2, 0.25) is 5.02 Å². The van der Waals surface area contributed by atoms with E-state index in [1.165, 1.54) is 6.07 Å². The van der Waals surface area contributed by atoms with Gasteiger partial charge in [-0.2, -0.15) is 0 Å². The highest BCUT2D eigenvalue weighted by atomic mass is 35.5. The van der Waals surface area contributed by atoms with Gasteiger partial charge in [0, 0.05) is 10.6 Å². The molecule has 3 amide bonds. The number of benzene rings is 2. The Hall–Kier alpha value is -2.70. The van der Waals surface area contributed by atoms with Gasteiger partial charge < -0.3 is 0 Å². The van der Waals surface area contributed by atoms with Crippen LogP contribution in [0.15, 0.2) is 48.5 Å². The smallest absolute Gasteiger partial charge is 0.265 e. The van der Waals surface area contributed by atoms with E-state index in [2.05, 4.69) is 10.9 Å². The number of nitrogens with zero attached hydrogens (tertiary/aromatic N) is 1. The first-order valence-corrected chi connectivity index (χ1v) is 8.08. The van der Waals surface area contributed by atoms with Gasteiger partial charge in [0.05, 0.1) is 12.1 Å². The molecule has 25 heavy (non-hydrogen) atoms. The lowest BCUT2D eigenvalue weighted by molar-refractivity contribution is -0.121. The second-order valence-corrected chi connectivity index (χ2v) is 6.21. The van der Waals surface area contributed by atoms with Crippen molar-refractivity contribution in [3.8, 4) is 0 Å². The summed E-state index contributed by atoms with van der Waals surface area (Å²) in [5.41, 5.74) is 6.92. The topological polar surface area (TPSA) is 78.5 Å². The maximum Gasteiger partial charge on any atom is 0.265 e. The van der Waals surface area contributed by atoms with Crippen LogP contribution in [0.3, 0.4) is 0 Å². The molecule has 1 heterocycles. The molecule has 0 spiro atoms. The van der Waals surface area contributed by atoms with Gasteiger partial charge in [-0.25, -0.2) is 10.3 Å². The summed E-state index contributed by atoms with van der Waals surface area (Å²) in [4.78, 5) is 37.9. The van der Waals surface area contributed by atoms with Crippen LogP contribution >= 0.6 is 11.6 Å². The van der Waals surface area contributed by atoms with Crippen LogP contribution in [-0.2, 0) is 9.59 Å². The van der Waals surface area contributed by atoms with E-state index in [0.29, 0.717) is 16.3 Å². The minimum atomic E-state index is -0.809. The first kappa shape index (κ1) is 17.1. The summed E-state index contributed by atoms with van der Waals surface area (Å²) >= 11 is 5.85. The van der Waals surface area contributed by atoms with Crippen molar-refractivity contribution in [3.05, 3.63) is 64.7 Å². The Labute approximate surface area is 149 Å². The van der Waals surface area contributed by atoms with Crippen molar-refractivity contribution in [2.45, 2.75) is 19.4 Å². The normalized spacial score (nSPS) is 17.0. The highest BCUT2D eigenvalue weighted by Gasteiger charge is 2.39. The number of carbonyl (C=O) groups excluding carboxylic acids is 3. The Kier molecular flexibility index (Phi) is 4.83. The number of hydrogen-bond donors (Lipinski definition) is 2. The highest BCUT2D eigenvalue weighted by Crippen LogP contribution is 2.23. The molecule has 1 atom stereocenters. The maximum atomic E-state index is 12.5. The number of rotatable bonds is 4. The van der Waals surface area contributed by atoms with Gasteiger partial charge in [0.1, 0.15) is 6.04 Å². The molecule has 2 aromatic rings. The number of hydrogen-bond acceptors (Lipinski definition) is 4. The molecule has 1 aliphatic rings. The van der Waals surface area contributed by atoms with Gasteiger partial charge >= 0.3 is 0 Å². The number of imide groups is 1. The van der Waals surface area contributed by atoms with Crippen LogP contribution in [0, 0.1) is 6.92 Å². The minimum absolute atomic E-state index is 0.0252. The van der Waals surface area contributed by atoms with Gasteiger partial charge in [-0.15, -0.1) is 0 Å². The number of amides is 3. The molecule has 0 saturated carbocycles. The molecule has 0 bridgehead atoms. The minimum Gasteiger partial charge on any atom is -0.287 e. The number of hydrazine groups is 1. The van der Waals surface area contributed by atoms with E-state index in [-0.39, 0.29) is 12.3 Å². The van der Waals surface area contributed by atoms with E-state index >= 15 is 0 Å². The molecule has 128 valence electrons. The van der Waals surface area contributed by atoms with Crippen molar-refractivity contribution in [1.29, 1.82) is 0 Å². The molecule has 6 nitrogen and oxygen atoms in total. The van der Waals surface area contributed by atoms with E-state index in [1.807, 2.05) is 13.0 Å². The molecular formula is C18H16ClN3O3. The highest BCUT2D eigenvalue weighted by molar-refractivity contribution is 6.31. The third kappa shape index (κ3) is 3.70. The standard InChI is InChI=1S/C18H16ClN3O3/c1-11-4-2-7-14(8-11)22-16(23)10-15(18(22)25)20-21-17(24)12-5-3-6-13(19)9-12/h2-9,15,20H,10H2,1H3,(H,21,24)/t15-/m1/s1. The molecule has 0 radical (unpaired) electrons. The Morgan fingerprint density at radius 3 is 2.64 bits per heavy atom. The van der Waals surface area contributed by atoms with Crippen LogP contribution in [0.25, 0.3) is 0 Å². The Morgan fingerprint density at radius 2 is 1.92 bits per heavy atom. The zero-order chi connectivity index (χ0) is 18.0. The van der Waals surface area contributed by atoms with E-state index in [4.69, 9.17) is 11.6 Å². The van der Waals surface area contributed by atoms with Gasteiger partial charge in [-0.05, 0) is 42.8 Å². The zero-order valence-corrected chi connectivity index (χ0v) is 14.2. The molecular weight excluding hydrogens is 342 g/mol. The first-order chi connectivity index (χ1) is 12.0.